The molecule has 9 heteroatoms. The Morgan fingerprint density at radius 2 is 1.70 bits per heavy atom. The minimum absolute atomic E-state index is 0. The van der Waals surface area contributed by atoms with E-state index in [1.807, 2.05) is 0 Å². The van der Waals surface area contributed by atoms with E-state index in [1.165, 1.54) is 0 Å². The second kappa shape index (κ2) is 8.76. The molecule has 1 amide bonds. The van der Waals surface area contributed by atoms with Gasteiger partial charge in [0.2, 0.25) is 5.91 Å². The number of alkyl halides is 2. The first kappa shape index (κ1) is 20.8. The Bertz CT molecular complexity index is 390. The third-order valence-corrected chi connectivity index (χ3v) is 4.74. The Morgan fingerprint density at radius 3 is 2.22 bits per heavy atom. The molecule has 136 valence electrons. The summed E-state index contributed by atoms with van der Waals surface area (Å²) in [6.07, 6.45) is 1.72. The molecule has 0 aromatic rings. The maximum Gasteiger partial charge on any atom is 0.262 e. The largest absolute Gasteiger partial charge is 0.381 e. The van der Waals surface area contributed by atoms with Crippen molar-refractivity contribution in [3.8, 4) is 0 Å². The molecule has 3 fully saturated rings. The normalized spacial score (nSPS) is 28.8. The summed E-state index contributed by atoms with van der Waals surface area (Å²) < 4.78 is 31.7. The number of hydrogen-bond donors (Lipinski definition) is 1. The van der Waals surface area contributed by atoms with Gasteiger partial charge in [-0.05, 0) is 12.8 Å². The summed E-state index contributed by atoms with van der Waals surface area (Å²) >= 11 is 0. The molecule has 0 saturated carbocycles. The summed E-state index contributed by atoms with van der Waals surface area (Å²) in [5, 5.41) is 2.65. The molecule has 0 radical (unpaired) electrons. The average Bonchev–Trinajstić information content (AvgIpc) is 2.88. The van der Waals surface area contributed by atoms with Crippen LogP contribution in [0.5, 0.6) is 0 Å². The van der Waals surface area contributed by atoms with Gasteiger partial charge in [-0.1, -0.05) is 0 Å². The summed E-state index contributed by atoms with van der Waals surface area (Å²) in [4.78, 5) is 16.4. The summed E-state index contributed by atoms with van der Waals surface area (Å²) in [5.41, 5.74) is 0. The lowest BCUT2D eigenvalue weighted by molar-refractivity contribution is -0.136. The highest BCUT2D eigenvalue weighted by Gasteiger charge is 2.44. The number of nitrogens with zero attached hydrogens (tertiary/aromatic N) is 2. The van der Waals surface area contributed by atoms with Crippen LogP contribution in [0, 0.1) is 0 Å². The molecule has 1 atom stereocenters. The SMILES string of the molecule is Cl.Cl.O=C(C1CC(F)(F)CN1)N1CCN(C2CCOCC2)CC1. The number of ether oxygens (including phenoxy) is 1. The minimum Gasteiger partial charge on any atom is -0.381 e. The summed E-state index contributed by atoms with van der Waals surface area (Å²) in [5.74, 6) is -2.91. The maximum absolute atomic E-state index is 13.2. The van der Waals surface area contributed by atoms with Crippen LogP contribution in [0.15, 0.2) is 0 Å². The van der Waals surface area contributed by atoms with Crippen LogP contribution < -0.4 is 5.32 Å². The topological polar surface area (TPSA) is 44.8 Å². The van der Waals surface area contributed by atoms with E-state index in [1.54, 1.807) is 4.90 Å². The first-order valence-corrected chi connectivity index (χ1v) is 7.77. The Labute approximate surface area is 147 Å². The van der Waals surface area contributed by atoms with E-state index in [9.17, 15) is 13.6 Å². The van der Waals surface area contributed by atoms with Gasteiger partial charge in [0.15, 0.2) is 0 Å². The zero-order valence-electron chi connectivity index (χ0n) is 13.0. The molecule has 23 heavy (non-hydrogen) atoms. The number of halogens is 4. The van der Waals surface area contributed by atoms with Crippen LogP contribution in [0.3, 0.4) is 0 Å². The number of piperazine rings is 1. The van der Waals surface area contributed by atoms with Gasteiger partial charge in [0.05, 0.1) is 12.6 Å². The molecule has 3 aliphatic heterocycles. The third-order valence-electron chi connectivity index (χ3n) is 4.74. The quantitative estimate of drug-likeness (QED) is 0.786. The number of carbonyl (C=O) groups is 1. The number of amides is 1. The van der Waals surface area contributed by atoms with E-state index in [-0.39, 0.29) is 43.7 Å². The summed E-state index contributed by atoms with van der Waals surface area (Å²) in [6.45, 7) is 4.18. The molecule has 0 bridgehead atoms. The van der Waals surface area contributed by atoms with Gasteiger partial charge < -0.3 is 9.64 Å². The number of carbonyl (C=O) groups excluding carboxylic acids is 1. The zero-order valence-corrected chi connectivity index (χ0v) is 14.6. The van der Waals surface area contributed by atoms with Gasteiger partial charge in [-0.15, -0.1) is 24.8 Å². The fourth-order valence-electron chi connectivity index (χ4n) is 3.47. The standard InChI is InChI=1S/C14H23F2N3O2.2ClH/c15-14(16)9-12(17-10-14)13(20)19-5-3-18(4-6-19)11-1-7-21-8-2-11;;/h11-12,17H,1-10H2;2*1H. The van der Waals surface area contributed by atoms with Gasteiger partial charge in [-0.2, -0.15) is 0 Å². The number of hydrogen-bond acceptors (Lipinski definition) is 4. The summed E-state index contributed by atoms with van der Waals surface area (Å²) in [7, 11) is 0. The highest BCUT2D eigenvalue weighted by atomic mass is 35.5. The van der Waals surface area contributed by atoms with Crippen molar-refractivity contribution in [2.45, 2.75) is 37.3 Å². The molecule has 3 aliphatic rings. The molecule has 0 aromatic carbocycles. The predicted molar refractivity (Wildman–Crippen MR) is 87.8 cm³/mol. The molecule has 0 aromatic heterocycles. The Kier molecular flexibility index (Phi) is 7.93. The zero-order chi connectivity index (χ0) is 14.9. The second-order valence-electron chi connectivity index (χ2n) is 6.20. The number of nitrogens with one attached hydrogen (secondary N) is 1. The van der Waals surface area contributed by atoms with Gasteiger partial charge in [0.1, 0.15) is 0 Å². The van der Waals surface area contributed by atoms with Crippen molar-refractivity contribution in [2.75, 3.05) is 45.9 Å². The van der Waals surface area contributed by atoms with E-state index in [0.29, 0.717) is 19.1 Å². The number of rotatable bonds is 2. The molecule has 3 saturated heterocycles. The molecular formula is C14H25Cl2F2N3O2. The van der Waals surface area contributed by atoms with Crippen LogP contribution in [0.1, 0.15) is 19.3 Å². The van der Waals surface area contributed by atoms with Crippen molar-refractivity contribution in [2.24, 2.45) is 0 Å². The van der Waals surface area contributed by atoms with Gasteiger partial charge in [-0.3, -0.25) is 15.0 Å². The van der Waals surface area contributed by atoms with E-state index in [4.69, 9.17) is 4.74 Å². The Balaban J connectivity index is 0.00000132. The smallest absolute Gasteiger partial charge is 0.262 e. The molecule has 0 spiro atoms. The molecular weight excluding hydrogens is 351 g/mol. The van der Waals surface area contributed by atoms with Crippen molar-refractivity contribution < 1.29 is 18.3 Å². The van der Waals surface area contributed by atoms with Crippen LogP contribution >= 0.6 is 24.8 Å². The average molecular weight is 376 g/mol. The molecule has 1 unspecified atom stereocenters. The van der Waals surface area contributed by atoms with Crippen molar-refractivity contribution in [3.63, 3.8) is 0 Å². The van der Waals surface area contributed by atoms with Gasteiger partial charge in [-0.25, -0.2) is 8.78 Å². The fourth-order valence-corrected chi connectivity index (χ4v) is 3.47. The van der Waals surface area contributed by atoms with Crippen LogP contribution in [-0.2, 0) is 9.53 Å². The molecule has 3 heterocycles. The van der Waals surface area contributed by atoms with Gasteiger partial charge in [0, 0.05) is 51.9 Å². The van der Waals surface area contributed by atoms with Crippen molar-refractivity contribution in [1.82, 2.24) is 15.1 Å². The molecule has 0 aliphatic carbocycles. The predicted octanol–water partition coefficient (Wildman–Crippen LogP) is 1.15. The summed E-state index contributed by atoms with van der Waals surface area (Å²) in [6, 6.07) is -0.167. The van der Waals surface area contributed by atoms with Crippen molar-refractivity contribution in [1.29, 1.82) is 0 Å². The van der Waals surface area contributed by atoms with E-state index in [2.05, 4.69) is 10.2 Å². The first-order chi connectivity index (χ1) is 10.1. The molecule has 5 nitrogen and oxygen atoms in total. The van der Waals surface area contributed by atoms with Gasteiger partial charge in [0.25, 0.3) is 5.92 Å². The van der Waals surface area contributed by atoms with E-state index >= 15 is 0 Å². The van der Waals surface area contributed by atoms with E-state index < -0.39 is 12.0 Å². The fraction of sp³-hybridized carbons (Fsp3) is 0.929. The highest BCUT2D eigenvalue weighted by molar-refractivity contribution is 5.85. The van der Waals surface area contributed by atoms with Crippen molar-refractivity contribution >= 4 is 30.7 Å². The van der Waals surface area contributed by atoms with Gasteiger partial charge >= 0.3 is 0 Å². The Hall–Kier alpha value is -0.210. The van der Waals surface area contributed by atoms with E-state index in [0.717, 1.165) is 39.1 Å². The van der Waals surface area contributed by atoms with Crippen LogP contribution in [0.25, 0.3) is 0 Å². The van der Waals surface area contributed by atoms with Crippen LogP contribution in [-0.4, -0.2) is 79.7 Å². The highest BCUT2D eigenvalue weighted by Crippen LogP contribution is 2.26. The monoisotopic (exact) mass is 375 g/mol. The first-order valence-electron chi connectivity index (χ1n) is 7.77. The van der Waals surface area contributed by atoms with Crippen molar-refractivity contribution in [3.05, 3.63) is 0 Å². The van der Waals surface area contributed by atoms with Crippen LogP contribution in [0.4, 0.5) is 8.78 Å². The Morgan fingerprint density at radius 1 is 1.09 bits per heavy atom. The third kappa shape index (κ3) is 5.13. The second-order valence-corrected chi connectivity index (χ2v) is 6.20. The maximum atomic E-state index is 13.2. The lowest BCUT2D eigenvalue weighted by atomic mass is 10.1. The lowest BCUT2D eigenvalue weighted by Crippen LogP contribution is -2.55. The minimum atomic E-state index is -2.75. The lowest BCUT2D eigenvalue weighted by Gasteiger charge is -2.41. The molecule has 3 rings (SSSR count). The van der Waals surface area contributed by atoms with Crippen LogP contribution in [0.2, 0.25) is 0 Å². The molecule has 1 N–H and O–H groups in total.